The second kappa shape index (κ2) is 8.53. The Bertz CT molecular complexity index is 1290. The van der Waals surface area contributed by atoms with E-state index in [4.69, 9.17) is 19.7 Å². The summed E-state index contributed by atoms with van der Waals surface area (Å²) in [6.07, 6.45) is -0.152. The fourth-order valence-electron chi connectivity index (χ4n) is 2.63. The molecule has 162 valence electrons. The van der Waals surface area contributed by atoms with Crippen molar-refractivity contribution in [2.75, 3.05) is 7.11 Å². The summed E-state index contributed by atoms with van der Waals surface area (Å²) in [7, 11) is -2.71. The molecule has 0 spiro atoms. The average Bonchev–Trinajstić information content (AvgIpc) is 2.73. The van der Waals surface area contributed by atoms with Gasteiger partial charge in [-0.25, -0.2) is 23.3 Å². The van der Waals surface area contributed by atoms with Crippen LogP contribution in [0.5, 0.6) is 17.2 Å². The fraction of sp³-hybridized carbons (Fsp3) is 0.158. The number of primary sulfonamides is 1. The van der Waals surface area contributed by atoms with Crippen LogP contribution in [0.2, 0.25) is 0 Å². The van der Waals surface area contributed by atoms with Crippen LogP contribution in [0, 0.1) is 0 Å². The first-order valence-corrected chi connectivity index (χ1v) is 10.3. The number of phenolic OH excluding ortho intramolecular Hbond substituents is 1. The number of nitrogens with zero attached hydrogens (tertiary/aromatic N) is 3. The van der Waals surface area contributed by atoms with E-state index < -0.39 is 22.1 Å². The number of benzene rings is 2. The van der Waals surface area contributed by atoms with Gasteiger partial charge in [0.05, 0.1) is 7.11 Å². The summed E-state index contributed by atoms with van der Waals surface area (Å²) in [5.41, 5.74) is -0.0225. The van der Waals surface area contributed by atoms with E-state index in [0.29, 0.717) is 10.8 Å². The van der Waals surface area contributed by atoms with Gasteiger partial charge in [-0.15, -0.1) is 10.2 Å². The first-order valence-electron chi connectivity index (χ1n) is 8.74. The van der Waals surface area contributed by atoms with Crippen LogP contribution in [0.25, 0.3) is 10.8 Å². The molecule has 12 heteroatoms. The van der Waals surface area contributed by atoms with Crippen LogP contribution in [0.3, 0.4) is 0 Å². The first kappa shape index (κ1) is 21.9. The molecule has 31 heavy (non-hydrogen) atoms. The molecule has 2 aromatic carbocycles. The predicted molar refractivity (Wildman–Crippen MR) is 110 cm³/mol. The van der Waals surface area contributed by atoms with E-state index in [9.17, 15) is 18.3 Å². The van der Waals surface area contributed by atoms with Crippen molar-refractivity contribution in [3.63, 3.8) is 0 Å². The number of hydrogen-bond acceptors (Lipinski definition) is 9. The van der Waals surface area contributed by atoms with E-state index in [1.54, 1.807) is 24.3 Å². The maximum atomic E-state index is 11.5. The minimum absolute atomic E-state index is 0.00785. The second-order valence-electron chi connectivity index (χ2n) is 6.33. The van der Waals surface area contributed by atoms with Crippen molar-refractivity contribution in [1.82, 2.24) is 4.98 Å². The number of carbonyl (C=O) groups is 1. The molecule has 0 saturated heterocycles. The van der Waals surface area contributed by atoms with Gasteiger partial charge in [-0.3, -0.25) is 0 Å². The van der Waals surface area contributed by atoms with Crippen LogP contribution in [0.4, 0.5) is 11.5 Å². The van der Waals surface area contributed by atoms with Gasteiger partial charge in [0.2, 0.25) is 15.8 Å². The van der Waals surface area contributed by atoms with Gasteiger partial charge in [-0.2, -0.15) is 0 Å². The Morgan fingerprint density at radius 1 is 1.16 bits per heavy atom. The molecule has 1 aromatic heterocycles. The average molecular weight is 446 g/mol. The van der Waals surface area contributed by atoms with Crippen molar-refractivity contribution in [1.29, 1.82) is 0 Å². The number of aromatic nitrogens is 1. The molecule has 1 atom stereocenters. The zero-order valence-electron chi connectivity index (χ0n) is 16.4. The highest BCUT2D eigenvalue weighted by Gasteiger charge is 2.18. The third kappa shape index (κ3) is 4.70. The summed E-state index contributed by atoms with van der Waals surface area (Å²) in [4.78, 5) is 14.8. The van der Waals surface area contributed by atoms with Gasteiger partial charge in [0.15, 0.2) is 17.6 Å². The van der Waals surface area contributed by atoms with Gasteiger partial charge in [0.25, 0.3) is 0 Å². The molecular weight excluding hydrogens is 428 g/mol. The number of ether oxygens (including phenoxy) is 2. The number of nitrogens with two attached hydrogens (primary N) is 1. The number of aromatic hydroxyl groups is 1. The normalized spacial score (nSPS) is 12.7. The Morgan fingerprint density at radius 3 is 2.45 bits per heavy atom. The number of carboxylic acids is 1. The minimum Gasteiger partial charge on any atom is -0.505 e. The lowest BCUT2D eigenvalue weighted by atomic mass is 10.1. The van der Waals surface area contributed by atoms with E-state index in [1.807, 2.05) is 0 Å². The number of rotatable bonds is 7. The van der Waals surface area contributed by atoms with Crippen LogP contribution in [-0.4, -0.2) is 42.8 Å². The lowest BCUT2D eigenvalue weighted by molar-refractivity contribution is -0.144. The number of aliphatic carboxylic acids is 1. The van der Waals surface area contributed by atoms with Crippen LogP contribution in [-0.2, 0) is 14.8 Å². The topological polar surface area (TPSA) is 174 Å². The van der Waals surface area contributed by atoms with E-state index in [2.05, 4.69) is 15.2 Å². The highest BCUT2D eigenvalue weighted by molar-refractivity contribution is 7.89. The van der Waals surface area contributed by atoms with Gasteiger partial charge < -0.3 is 19.7 Å². The number of sulfonamides is 1. The van der Waals surface area contributed by atoms with Crippen molar-refractivity contribution in [3.8, 4) is 17.2 Å². The Morgan fingerprint density at radius 2 is 1.84 bits per heavy atom. The number of hydrogen-bond donors (Lipinski definition) is 3. The van der Waals surface area contributed by atoms with Gasteiger partial charge in [-0.1, -0.05) is 24.3 Å². The number of azo groups is 1. The third-order valence-electron chi connectivity index (χ3n) is 4.22. The lowest BCUT2D eigenvalue weighted by Gasteiger charge is -2.14. The first-order chi connectivity index (χ1) is 14.6. The predicted octanol–water partition coefficient (Wildman–Crippen LogP) is 2.86. The van der Waals surface area contributed by atoms with Crippen LogP contribution in [0.15, 0.2) is 57.7 Å². The molecule has 3 aromatic rings. The van der Waals surface area contributed by atoms with E-state index in [0.717, 1.165) is 12.3 Å². The summed E-state index contributed by atoms with van der Waals surface area (Å²) in [6.45, 7) is 1.37. The molecule has 1 heterocycles. The number of fused-ring (bicyclic) bond motifs is 1. The molecule has 4 N–H and O–H groups in total. The Kier molecular flexibility index (Phi) is 6.04. The number of methoxy groups -OCH3 is 1. The quantitative estimate of drug-likeness (QED) is 0.464. The maximum absolute atomic E-state index is 11.5. The second-order valence-corrected chi connectivity index (χ2v) is 7.89. The monoisotopic (exact) mass is 446 g/mol. The van der Waals surface area contributed by atoms with E-state index >= 15 is 0 Å². The summed E-state index contributed by atoms with van der Waals surface area (Å²) >= 11 is 0. The summed E-state index contributed by atoms with van der Waals surface area (Å²) in [5, 5.41) is 33.6. The van der Waals surface area contributed by atoms with Crippen molar-refractivity contribution >= 4 is 38.3 Å². The van der Waals surface area contributed by atoms with Crippen molar-refractivity contribution in [3.05, 3.63) is 42.6 Å². The summed E-state index contributed by atoms with van der Waals surface area (Å²) in [5.74, 6) is -1.27. The summed E-state index contributed by atoms with van der Waals surface area (Å²) in [6, 6.07) is 9.15. The minimum atomic E-state index is -3.99. The lowest BCUT2D eigenvalue weighted by Crippen LogP contribution is -2.22. The van der Waals surface area contributed by atoms with E-state index in [1.165, 1.54) is 20.1 Å². The Hall–Kier alpha value is -3.77. The highest BCUT2D eigenvalue weighted by atomic mass is 32.2. The van der Waals surface area contributed by atoms with Crippen molar-refractivity contribution in [2.45, 2.75) is 17.9 Å². The van der Waals surface area contributed by atoms with Gasteiger partial charge in [0, 0.05) is 29.1 Å². The van der Waals surface area contributed by atoms with Gasteiger partial charge in [-0.05, 0) is 6.92 Å². The number of carboxylic acid groups (broad SMARTS) is 1. The molecule has 0 fully saturated rings. The molecule has 0 aliphatic rings. The molecular formula is C19H18N4O7S. The number of pyridine rings is 1. The maximum Gasteiger partial charge on any atom is 0.344 e. The molecule has 0 saturated carbocycles. The SMILES string of the molecule is COc1cc(S(N)(=O)=O)cnc1N=Nc1cc(OC(C)C(=O)O)c2ccccc2c1O. The zero-order chi connectivity index (χ0) is 22.8. The van der Waals surface area contributed by atoms with Gasteiger partial charge >= 0.3 is 5.97 Å². The molecule has 0 aliphatic heterocycles. The van der Waals surface area contributed by atoms with Crippen molar-refractivity contribution in [2.24, 2.45) is 15.4 Å². The summed E-state index contributed by atoms with van der Waals surface area (Å²) < 4.78 is 33.5. The fourth-order valence-corrected chi connectivity index (χ4v) is 3.10. The Balaban J connectivity index is 2.08. The molecule has 11 nitrogen and oxygen atoms in total. The smallest absolute Gasteiger partial charge is 0.344 e. The number of phenols is 1. The molecule has 0 radical (unpaired) electrons. The van der Waals surface area contributed by atoms with Gasteiger partial charge in [0.1, 0.15) is 16.3 Å². The molecule has 0 amide bonds. The standard InChI is InChI=1S/C19H18N4O7S/c1-10(19(25)26)30-15-8-14(17(24)13-6-4-3-5-12(13)15)22-23-18-16(29-2)7-11(9-21-18)31(20,27)28/h3-10,24H,1-2H3,(H,25,26)(H2,20,27,28). The highest BCUT2D eigenvalue weighted by Crippen LogP contribution is 2.42. The van der Waals surface area contributed by atoms with Crippen LogP contribution >= 0.6 is 0 Å². The molecule has 1 unspecified atom stereocenters. The van der Waals surface area contributed by atoms with Crippen LogP contribution in [0.1, 0.15) is 6.92 Å². The van der Waals surface area contributed by atoms with Crippen LogP contribution < -0.4 is 14.6 Å². The van der Waals surface area contributed by atoms with Crippen molar-refractivity contribution < 1.29 is 32.9 Å². The third-order valence-corrected chi connectivity index (χ3v) is 5.10. The van der Waals surface area contributed by atoms with E-state index in [-0.39, 0.29) is 33.6 Å². The molecule has 0 bridgehead atoms. The molecule has 3 rings (SSSR count). The Labute approximate surface area is 176 Å². The largest absolute Gasteiger partial charge is 0.505 e. The zero-order valence-corrected chi connectivity index (χ0v) is 17.2. The molecule has 0 aliphatic carbocycles.